The third-order valence-electron chi connectivity index (χ3n) is 4.12. The summed E-state index contributed by atoms with van der Waals surface area (Å²) in [6.07, 6.45) is 3.53. The van der Waals surface area contributed by atoms with Crippen LogP contribution in [-0.4, -0.2) is 32.3 Å². The number of carbonyl (C=O) groups is 1. The van der Waals surface area contributed by atoms with E-state index in [9.17, 15) is 4.79 Å². The molecule has 1 aromatic carbocycles. The van der Waals surface area contributed by atoms with E-state index < -0.39 is 6.04 Å². The highest BCUT2D eigenvalue weighted by molar-refractivity contribution is 5.75. The number of hydrogen-bond acceptors (Lipinski definition) is 5. The maximum absolute atomic E-state index is 11.5. The Balaban J connectivity index is 2.67. The summed E-state index contributed by atoms with van der Waals surface area (Å²) < 4.78 is 16.0. The van der Waals surface area contributed by atoms with Crippen molar-refractivity contribution in [2.24, 2.45) is 11.7 Å². The molecule has 24 heavy (non-hydrogen) atoms. The standard InChI is InChI=1S/C19H31NO4/c1-5-14(12-16(20)19(21)22-4)8-9-15-10-11-17(23-6-2)18(13-15)24-7-3/h10-11,13-14,16H,5-9,12,20H2,1-4H3. The molecule has 1 rings (SSSR count). The largest absolute Gasteiger partial charge is 0.490 e. The number of nitrogens with two attached hydrogens (primary N) is 1. The highest BCUT2D eigenvalue weighted by atomic mass is 16.5. The van der Waals surface area contributed by atoms with Crippen molar-refractivity contribution in [2.75, 3.05) is 20.3 Å². The van der Waals surface area contributed by atoms with Crippen LogP contribution in [0, 0.1) is 5.92 Å². The van der Waals surface area contributed by atoms with Gasteiger partial charge in [0.1, 0.15) is 6.04 Å². The highest BCUT2D eigenvalue weighted by Gasteiger charge is 2.19. The number of ether oxygens (including phenoxy) is 3. The third-order valence-corrected chi connectivity index (χ3v) is 4.12. The topological polar surface area (TPSA) is 70.8 Å². The van der Waals surface area contributed by atoms with Crippen LogP contribution in [0.1, 0.15) is 45.6 Å². The van der Waals surface area contributed by atoms with Gasteiger partial charge in [0.25, 0.3) is 0 Å². The lowest BCUT2D eigenvalue weighted by Crippen LogP contribution is -2.33. The maximum Gasteiger partial charge on any atom is 0.322 e. The monoisotopic (exact) mass is 337 g/mol. The van der Waals surface area contributed by atoms with Crippen LogP contribution in [0.3, 0.4) is 0 Å². The molecule has 0 aliphatic carbocycles. The van der Waals surface area contributed by atoms with E-state index in [1.54, 1.807) is 0 Å². The number of benzene rings is 1. The molecule has 0 amide bonds. The van der Waals surface area contributed by atoms with E-state index in [-0.39, 0.29) is 5.97 Å². The second-order valence-corrected chi connectivity index (χ2v) is 5.83. The number of hydrogen-bond donors (Lipinski definition) is 1. The van der Waals surface area contributed by atoms with Gasteiger partial charge in [0, 0.05) is 0 Å². The minimum Gasteiger partial charge on any atom is -0.490 e. The lowest BCUT2D eigenvalue weighted by Gasteiger charge is -2.18. The Bertz CT molecular complexity index is 504. The van der Waals surface area contributed by atoms with Crippen LogP contribution in [0.5, 0.6) is 11.5 Å². The zero-order valence-corrected chi connectivity index (χ0v) is 15.3. The van der Waals surface area contributed by atoms with E-state index in [1.165, 1.54) is 12.7 Å². The Kier molecular flexibility index (Phi) is 9.23. The fourth-order valence-electron chi connectivity index (χ4n) is 2.72. The van der Waals surface area contributed by atoms with E-state index in [1.807, 2.05) is 26.0 Å². The molecule has 2 unspecified atom stereocenters. The summed E-state index contributed by atoms with van der Waals surface area (Å²) >= 11 is 0. The van der Waals surface area contributed by atoms with Crippen LogP contribution >= 0.6 is 0 Å². The fraction of sp³-hybridized carbons (Fsp3) is 0.632. The molecular formula is C19H31NO4. The Morgan fingerprint density at radius 2 is 1.79 bits per heavy atom. The molecule has 0 radical (unpaired) electrons. The Labute approximate surface area is 145 Å². The number of rotatable bonds is 11. The van der Waals surface area contributed by atoms with E-state index in [0.717, 1.165) is 30.8 Å². The van der Waals surface area contributed by atoms with E-state index in [0.29, 0.717) is 25.6 Å². The Morgan fingerprint density at radius 1 is 1.12 bits per heavy atom. The normalized spacial score (nSPS) is 13.2. The molecule has 0 saturated carbocycles. The average Bonchev–Trinajstić information content (AvgIpc) is 2.59. The lowest BCUT2D eigenvalue weighted by atomic mass is 9.91. The summed E-state index contributed by atoms with van der Waals surface area (Å²) in [6.45, 7) is 7.26. The first kappa shape index (κ1) is 20.3. The molecule has 0 aliphatic rings. The highest BCUT2D eigenvalue weighted by Crippen LogP contribution is 2.30. The number of carbonyl (C=O) groups excluding carboxylic acids is 1. The van der Waals surface area contributed by atoms with Gasteiger partial charge in [-0.25, -0.2) is 0 Å². The molecule has 0 aliphatic heterocycles. The first-order valence-electron chi connectivity index (χ1n) is 8.77. The van der Waals surface area contributed by atoms with E-state index in [2.05, 4.69) is 13.0 Å². The van der Waals surface area contributed by atoms with Crippen molar-refractivity contribution >= 4 is 5.97 Å². The molecule has 0 saturated heterocycles. The first-order valence-corrected chi connectivity index (χ1v) is 8.77. The summed E-state index contributed by atoms with van der Waals surface area (Å²) in [4.78, 5) is 11.5. The fourth-order valence-corrected chi connectivity index (χ4v) is 2.72. The lowest BCUT2D eigenvalue weighted by molar-refractivity contribution is -0.142. The average molecular weight is 337 g/mol. The van der Waals surface area contributed by atoms with Gasteiger partial charge in [-0.3, -0.25) is 4.79 Å². The van der Waals surface area contributed by atoms with Gasteiger partial charge in [-0.05, 0) is 56.7 Å². The quantitative estimate of drug-likeness (QED) is 0.627. The molecule has 136 valence electrons. The smallest absolute Gasteiger partial charge is 0.322 e. The van der Waals surface area contributed by atoms with Crippen molar-refractivity contribution in [2.45, 2.75) is 52.5 Å². The molecule has 0 spiro atoms. The zero-order valence-electron chi connectivity index (χ0n) is 15.3. The van der Waals surface area contributed by atoms with Crippen LogP contribution in [0.4, 0.5) is 0 Å². The zero-order chi connectivity index (χ0) is 17.9. The number of esters is 1. The molecule has 0 bridgehead atoms. The van der Waals surface area contributed by atoms with Crippen LogP contribution in [-0.2, 0) is 16.0 Å². The van der Waals surface area contributed by atoms with Gasteiger partial charge >= 0.3 is 5.97 Å². The van der Waals surface area contributed by atoms with Crippen LogP contribution in [0.15, 0.2) is 18.2 Å². The molecule has 0 aromatic heterocycles. The van der Waals surface area contributed by atoms with Gasteiger partial charge in [-0.15, -0.1) is 0 Å². The van der Waals surface area contributed by atoms with Gasteiger partial charge < -0.3 is 19.9 Å². The predicted molar refractivity (Wildman–Crippen MR) is 95.5 cm³/mol. The Morgan fingerprint density at radius 3 is 2.38 bits per heavy atom. The minimum absolute atomic E-state index is 0.340. The van der Waals surface area contributed by atoms with Crippen molar-refractivity contribution in [3.05, 3.63) is 23.8 Å². The SMILES string of the molecule is CCOc1ccc(CCC(CC)CC(N)C(=O)OC)cc1OCC. The number of aryl methyl sites for hydroxylation is 1. The minimum atomic E-state index is -0.542. The molecule has 2 atom stereocenters. The summed E-state index contributed by atoms with van der Waals surface area (Å²) in [7, 11) is 1.37. The van der Waals surface area contributed by atoms with Gasteiger partial charge in [-0.1, -0.05) is 19.4 Å². The van der Waals surface area contributed by atoms with Crippen molar-refractivity contribution in [1.82, 2.24) is 0 Å². The van der Waals surface area contributed by atoms with E-state index >= 15 is 0 Å². The molecular weight excluding hydrogens is 306 g/mol. The van der Waals surface area contributed by atoms with Crippen LogP contribution in [0.2, 0.25) is 0 Å². The maximum atomic E-state index is 11.5. The van der Waals surface area contributed by atoms with Crippen LogP contribution in [0.25, 0.3) is 0 Å². The molecule has 0 fully saturated rings. The molecule has 0 heterocycles. The molecule has 5 heteroatoms. The van der Waals surface area contributed by atoms with Gasteiger partial charge in [0.2, 0.25) is 0 Å². The van der Waals surface area contributed by atoms with Crippen LogP contribution < -0.4 is 15.2 Å². The van der Waals surface area contributed by atoms with Crippen molar-refractivity contribution in [3.63, 3.8) is 0 Å². The molecule has 2 N–H and O–H groups in total. The van der Waals surface area contributed by atoms with Gasteiger partial charge in [0.15, 0.2) is 11.5 Å². The summed E-state index contributed by atoms with van der Waals surface area (Å²) in [5.74, 6) is 1.62. The number of methoxy groups -OCH3 is 1. The van der Waals surface area contributed by atoms with Gasteiger partial charge in [-0.2, -0.15) is 0 Å². The molecule has 1 aromatic rings. The summed E-state index contributed by atoms with van der Waals surface area (Å²) in [6, 6.07) is 5.53. The first-order chi connectivity index (χ1) is 11.5. The van der Waals surface area contributed by atoms with Gasteiger partial charge in [0.05, 0.1) is 20.3 Å². The van der Waals surface area contributed by atoms with Crippen molar-refractivity contribution in [3.8, 4) is 11.5 Å². The van der Waals surface area contributed by atoms with E-state index in [4.69, 9.17) is 19.9 Å². The molecule has 5 nitrogen and oxygen atoms in total. The second-order valence-electron chi connectivity index (χ2n) is 5.83. The predicted octanol–water partition coefficient (Wildman–Crippen LogP) is 3.33. The second kappa shape index (κ2) is 10.9. The van der Waals surface area contributed by atoms with Crippen molar-refractivity contribution < 1.29 is 19.0 Å². The third kappa shape index (κ3) is 6.40. The summed E-state index contributed by atoms with van der Waals surface area (Å²) in [5.41, 5.74) is 7.08. The van der Waals surface area contributed by atoms with Crippen molar-refractivity contribution in [1.29, 1.82) is 0 Å². The summed E-state index contributed by atoms with van der Waals surface area (Å²) in [5, 5.41) is 0. The Hall–Kier alpha value is -1.75.